The number of imidazole rings is 1. The molecule has 31 heavy (non-hydrogen) atoms. The fourth-order valence-electron chi connectivity index (χ4n) is 4.88. The zero-order valence-corrected chi connectivity index (χ0v) is 19.4. The monoisotopic (exact) mass is 417 g/mol. The largest absolute Gasteiger partial charge is 0.328 e. The lowest BCUT2D eigenvalue weighted by Crippen LogP contribution is -2.36. The maximum atomic E-state index is 13.2. The maximum absolute atomic E-state index is 13.2. The van der Waals surface area contributed by atoms with Gasteiger partial charge in [0, 0.05) is 19.5 Å². The first-order valence-electron chi connectivity index (χ1n) is 11.9. The van der Waals surface area contributed by atoms with E-state index in [9.17, 15) is 4.79 Å². The van der Waals surface area contributed by atoms with Crippen molar-refractivity contribution in [2.24, 2.45) is 0 Å². The van der Waals surface area contributed by atoms with E-state index in [2.05, 4.69) is 74.7 Å². The Morgan fingerprint density at radius 3 is 2.45 bits per heavy atom. The van der Waals surface area contributed by atoms with Gasteiger partial charge in [-0.25, -0.2) is 4.98 Å². The molecule has 0 unspecified atom stereocenters. The summed E-state index contributed by atoms with van der Waals surface area (Å²) < 4.78 is 2.33. The molecule has 2 heterocycles. The molecule has 1 aromatic heterocycles. The average molecular weight is 418 g/mol. The quantitative estimate of drug-likeness (QED) is 0.398. The Hall–Kier alpha value is -2.62. The third-order valence-electron chi connectivity index (χ3n) is 6.70. The fraction of sp³-hybridized carbons (Fsp3) is 0.481. The Kier molecular flexibility index (Phi) is 6.17. The number of amides is 1. The molecule has 0 atom stereocenters. The fourth-order valence-corrected chi connectivity index (χ4v) is 4.88. The van der Waals surface area contributed by atoms with Crippen LogP contribution in [0.5, 0.6) is 0 Å². The molecule has 0 radical (unpaired) electrons. The van der Waals surface area contributed by atoms with Gasteiger partial charge in [0.15, 0.2) is 0 Å². The number of carbonyl (C=O) groups is 1. The van der Waals surface area contributed by atoms with Crippen LogP contribution in [0.4, 0.5) is 5.69 Å². The molecule has 0 saturated heterocycles. The molecule has 4 nitrogen and oxygen atoms in total. The van der Waals surface area contributed by atoms with Crippen LogP contribution in [-0.4, -0.2) is 22.0 Å². The lowest BCUT2D eigenvalue weighted by Gasteiger charge is -2.20. The molecule has 0 saturated carbocycles. The molecule has 0 fully saturated rings. The third kappa shape index (κ3) is 4.00. The van der Waals surface area contributed by atoms with Gasteiger partial charge in [-0.2, -0.15) is 0 Å². The normalized spacial score (nSPS) is 15.1. The Morgan fingerprint density at radius 1 is 0.968 bits per heavy atom. The standard InChI is InChI=1S/C27H35N3O/c1-5-7-11-17-30-23-19-22-24(18-21(23)27(3,4)26(30)31)29(6-2)25(28-22)16-12-15-20-13-9-8-10-14-20/h8-10,13-14,18-19H,5-7,11-12,15-17H2,1-4H3. The van der Waals surface area contributed by atoms with Crippen LogP contribution in [0, 0.1) is 0 Å². The van der Waals surface area contributed by atoms with Crippen molar-refractivity contribution in [2.45, 2.75) is 78.2 Å². The molecule has 4 heteroatoms. The second kappa shape index (κ2) is 8.86. The van der Waals surface area contributed by atoms with Gasteiger partial charge in [-0.1, -0.05) is 50.1 Å². The van der Waals surface area contributed by atoms with Crippen molar-refractivity contribution in [2.75, 3.05) is 11.4 Å². The van der Waals surface area contributed by atoms with Crippen molar-refractivity contribution in [1.82, 2.24) is 9.55 Å². The number of hydrogen-bond acceptors (Lipinski definition) is 2. The Bertz CT molecular complexity index is 1070. The van der Waals surface area contributed by atoms with Crippen LogP contribution in [0.1, 0.15) is 70.3 Å². The van der Waals surface area contributed by atoms with Crippen molar-refractivity contribution < 1.29 is 4.79 Å². The molecule has 164 valence electrons. The van der Waals surface area contributed by atoms with E-state index in [4.69, 9.17) is 4.98 Å². The molecule has 1 aliphatic rings. The Balaban J connectivity index is 1.64. The van der Waals surface area contributed by atoms with Crippen LogP contribution >= 0.6 is 0 Å². The summed E-state index contributed by atoms with van der Waals surface area (Å²) in [4.78, 5) is 20.2. The van der Waals surface area contributed by atoms with Crippen molar-refractivity contribution in [3.63, 3.8) is 0 Å². The Morgan fingerprint density at radius 2 is 1.74 bits per heavy atom. The van der Waals surface area contributed by atoms with Gasteiger partial charge in [0.25, 0.3) is 0 Å². The SMILES string of the molecule is CCCCCN1C(=O)C(C)(C)c2cc3c(cc21)nc(CCCc1ccccc1)n3CC. The van der Waals surface area contributed by atoms with Crippen LogP contribution in [0.3, 0.4) is 0 Å². The smallest absolute Gasteiger partial charge is 0.237 e. The van der Waals surface area contributed by atoms with E-state index in [0.717, 1.165) is 79.7 Å². The topological polar surface area (TPSA) is 38.1 Å². The van der Waals surface area contributed by atoms with Crippen LogP contribution in [0.25, 0.3) is 11.0 Å². The number of fused-ring (bicyclic) bond motifs is 2. The van der Waals surface area contributed by atoms with Crippen LogP contribution in [0.2, 0.25) is 0 Å². The number of nitrogens with zero attached hydrogens (tertiary/aromatic N) is 3. The summed E-state index contributed by atoms with van der Waals surface area (Å²) in [7, 11) is 0. The number of benzene rings is 2. The predicted molar refractivity (Wildman–Crippen MR) is 129 cm³/mol. The van der Waals surface area contributed by atoms with E-state index in [1.807, 2.05) is 4.90 Å². The van der Waals surface area contributed by atoms with E-state index >= 15 is 0 Å². The highest BCUT2D eigenvalue weighted by Crippen LogP contribution is 2.43. The number of hydrogen-bond donors (Lipinski definition) is 0. The second-order valence-corrected chi connectivity index (χ2v) is 9.26. The van der Waals surface area contributed by atoms with Gasteiger partial charge in [-0.05, 0) is 63.3 Å². The number of unbranched alkanes of at least 4 members (excludes halogenated alkanes) is 2. The molecule has 0 spiro atoms. The average Bonchev–Trinajstić information content (AvgIpc) is 3.20. The van der Waals surface area contributed by atoms with Crippen molar-refractivity contribution in [3.8, 4) is 0 Å². The van der Waals surface area contributed by atoms with Gasteiger partial charge >= 0.3 is 0 Å². The van der Waals surface area contributed by atoms with Gasteiger partial charge < -0.3 is 9.47 Å². The number of anilines is 1. The molecule has 3 aromatic rings. The van der Waals surface area contributed by atoms with E-state index in [0.29, 0.717) is 0 Å². The number of aromatic nitrogens is 2. The summed E-state index contributed by atoms with van der Waals surface area (Å²) in [5, 5.41) is 0. The van der Waals surface area contributed by atoms with Crippen LogP contribution in [0.15, 0.2) is 42.5 Å². The van der Waals surface area contributed by atoms with Crippen molar-refractivity contribution >= 4 is 22.6 Å². The Labute approximate surface area is 186 Å². The highest BCUT2D eigenvalue weighted by atomic mass is 16.2. The van der Waals surface area contributed by atoms with E-state index < -0.39 is 5.41 Å². The van der Waals surface area contributed by atoms with Crippen molar-refractivity contribution in [1.29, 1.82) is 0 Å². The summed E-state index contributed by atoms with van der Waals surface area (Å²) in [6, 6.07) is 15.1. The van der Waals surface area contributed by atoms with Gasteiger partial charge in [0.2, 0.25) is 5.91 Å². The van der Waals surface area contributed by atoms with Crippen LogP contribution < -0.4 is 4.90 Å². The van der Waals surface area contributed by atoms with E-state index in [-0.39, 0.29) is 5.91 Å². The zero-order chi connectivity index (χ0) is 22.0. The predicted octanol–water partition coefficient (Wildman–Crippen LogP) is 6.05. The number of rotatable bonds is 9. The molecule has 0 aliphatic carbocycles. The lowest BCUT2D eigenvalue weighted by atomic mass is 9.86. The van der Waals surface area contributed by atoms with Gasteiger partial charge in [-0.3, -0.25) is 4.79 Å². The third-order valence-corrected chi connectivity index (χ3v) is 6.70. The van der Waals surface area contributed by atoms with Gasteiger partial charge in [0.05, 0.1) is 22.1 Å². The summed E-state index contributed by atoms with van der Waals surface area (Å²) in [6.45, 7) is 10.2. The molecular weight excluding hydrogens is 382 g/mol. The highest BCUT2D eigenvalue weighted by molar-refractivity contribution is 6.09. The molecule has 2 aromatic carbocycles. The highest BCUT2D eigenvalue weighted by Gasteiger charge is 2.44. The molecular formula is C27H35N3O. The summed E-state index contributed by atoms with van der Waals surface area (Å²) in [6.07, 6.45) is 6.47. The van der Waals surface area contributed by atoms with Crippen LogP contribution in [-0.2, 0) is 29.6 Å². The first-order chi connectivity index (χ1) is 15.0. The second-order valence-electron chi connectivity index (χ2n) is 9.26. The first kappa shape index (κ1) is 21.6. The molecule has 0 bridgehead atoms. The maximum Gasteiger partial charge on any atom is 0.237 e. The minimum Gasteiger partial charge on any atom is -0.328 e. The van der Waals surface area contributed by atoms with E-state index in [1.165, 1.54) is 5.56 Å². The van der Waals surface area contributed by atoms with E-state index in [1.54, 1.807) is 0 Å². The minimum atomic E-state index is -0.480. The minimum absolute atomic E-state index is 0.220. The molecule has 0 N–H and O–H groups in total. The van der Waals surface area contributed by atoms with Gasteiger partial charge in [0.1, 0.15) is 5.82 Å². The lowest BCUT2D eigenvalue weighted by molar-refractivity contribution is -0.122. The zero-order valence-electron chi connectivity index (χ0n) is 19.4. The number of carbonyl (C=O) groups excluding carboxylic acids is 1. The van der Waals surface area contributed by atoms with Gasteiger partial charge in [-0.15, -0.1) is 0 Å². The summed E-state index contributed by atoms with van der Waals surface area (Å²) >= 11 is 0. The molecule has 1 aliphatic heterocycles. The van der Waals surface area contributed by atoms with Crippen molar-refractivity contribution in [3.05, 3.63) is 59.4 Å². The molecule has 4 rings (SSSR count). The first-order valence-corrected chi connectivity index (χ1v) is 11.9. The number of aryl methyl sites for hydroxylation is 3. The summed E-state index contributed by atoms with van der Waals surface area (Å²) in [5.74, 6) is 1.37. The summed E-state index contributed by atoms with van der Waals surface area (Å²) in [5.41, 5.74) is 5.28. The molecule has 1 amide bonds.